The van der Waals surface area contributed by atoms with Crippen LogP contribution in [0, 0.1) is 0 Å². The van der Waals surface area contributed by atoms with E-state index in [9.17, 15) is 4.79 Å². The van der Waals surface area contributed by atoms with Crippen LogP contribution in [-0.2, 0) is 0 Å². The first-order chi connectivity index (χ1) is 7.34. The van der Waals surface area contributed by atoms with Gasteiger partial charge in [-0.15, -0.1) is 0 Å². The van der Waals surface area contributed by atoms with Crippen LogP contribution in [0.25, 0.3) is 22.4 Å². The Bertz CT molecular complexity index is 650. The van der Waals surface area contributed by atoms with E-state index in [2.05, 4.69) is 20.2 Å². The van der Waals surface area contributed by atoms with Gasteiger partial charge in [0.2, 0.25) is 0 Å². The lowest BCUT2D eigenvalue weighted by molar-refractivity contribution is 0.568. The Kier molecular flexibility index (Phi) is 1.49. The highest BCUT2D eigenvalue weighted by molar-refractivity contribution is 5.74. The van der Waals surface area contributed by atoms with Gasteiger partial charge in [0.1, 0.15) is 17.5 Å². The van der Waals surface area contributed by atoms with Crippen LogP contribution in [0.3, 0.4) is 0 Å². The minimum absolute atomic E-state index is 0.218. The number of aromatic amines is 2. The predicted octanol–water partition coefficient (Wildman–Crippen LogP) is 0.906. The van der Waals surface area contributed by atoms with Gasteiger partial charge in [-0.05, 0) is 6.07 Å². The van der Waals surface area contributed by atoms with Gasteiger partial charge in [-0.1, -0.05) is 0 Å². The Morgan fingerprint density at radius 3 is 3.13 bits per heavy atom. The first-order valence-electron chi connectivity index (χ1n) is 4.30. The van der Waals surface area contributed by atoms with Gasteiger partial charge >= 0.3 is 0 Å². The van der Waals surface area contributed by atoms with E-state index >= 15 is 0 Å². The van der Waals surface area contributed by atoms with E-state index in [1.807, 2.05) is 0 Å². The molecule has 0 spiro atoms. The molecule has 0 saturated carbocycles. The molecule has 74 valence electrons. The quantitative estimate of drug-likeness (QED) is 0.613. The highest BCUT2D eigenvalue weighted by Gasteiger charge is 2.07. The largest absolute Gasteiger partial charge is 0.472 e. The van der Waals surface area contributed by atoms with Gasteiger partial charge in [-0.2, -0.15) is 5.10 Å². The summed E-state index contributed by atoms with van der Waals surface area (Å²) in [5, 5.41) is 6.85. The molecule has 0 atom stereocenters. The van der Waals surface area contributed by atoms with Gasteiger partial charge in [-0.25, -0.2) is 4.98 Å². The van der Waals surface area contributed by atoms with Crippen LogP contribution in [0.2, 0.25) is 0 Å². The molecule has 2 N–H and O–H groups in total. The lowest BCUT2D eigenvalue weighted by atomic mass is 10.3. The SMILES string of the molecule is O=c1[nH]c(-c2ccoc2)nc2[nH]ncc12. The van der Waals surface area contributed by atoms with Gasteiger partial charge in [-0.3, -0.25) is 9.89 Å². The summed E-state index contributed by atoms with van der Waals surface area (Å²) in [4.78, 5) is 18.4. The van der Waals surface area contributed by atoms with Gasteiger partial charge in [0.15, 0.2) is 5.65 Å². The molecule has 0 fully saturated rings. The third-order valence-corrected chi connectivity index (χ3v) is 2.11. The minimum atomic E-state index is -0.218. The number of hydrogen-bond acceptors (Lipinski definition) is 4. The van der Waals surface area contributed by atoms with Crippen LogP contribution in [0.15, 0.2) is 34.0 Å². The zero-order chi connectivity index (χ0) is 10.3. The van der Waals surface area contributed by atoms with E-state index in [1.165, 1.54) is 18.7 Å². The van der Waals surface area contributed by atoms with Crippen molar-refractivity contribution < 1.29 is 4.42 Å². The zero-order valence-electron chi connectivity index (χ0n) is 7.52. The summed E-state index contributed by atoms with van der Waals surface area (Å²) in [6.07, 6.45) is 4.48. The second-order valence-corrected chi connectivity index (χ2v) is 3.06. The van der Waals surface area contributed by atoms with E-state index in [0.29, 0.717) is 16.9 Å². The number of fused-ring (bicyclic) bond motifs is 1. The molecule has 0 saturated heterocycles. The van der Waals surface area contributed by atoms with Crippen molar-refractivity contribution in [3.63, 3.8) is 0 Å². The second kappa shape index (κ2) is 2.81. The highest BCUT2D eigenvalue weighted by Crippen LogP contribution is 2.14. The van der Waals surface area contributed by atoms with Crippen LogP contribution in [0.4, 0.5) is 0 Å². The number of furan rings is 1. The zero-order valence-corrected chi connectivity index (χ0v) is 7.52. The fourth-order valence-electron chi connectivity index (χ4n) is 1.38. The van der Waals surface area contributed by atoms with Crippen LogP contribution < -0.4 is 5.56 Å². The van der Waals surface area contributed by atoms with Crippen molar-refractivity contribution in [2.75, 3.05) is 0 Å². The highest BCUT2D eigenvalue weighted by atomic mass is 16.3. The Morgan fingerprint density at radius 1 is 1.40 bits per heavy atom. The fraction of sp³-hybridized carbons (Fsp3) is 0. The standard InChI is InChI=1S/C9H6N4O2/c14-9-6-3-10-13-8(6)11-7(12-9)5-1-2-15-4-5/h1-4H,(H2,10,11,12,13,14). The van der Waals surface area contributed by atoms with Crippen molar-refractivity contribution in [1.29, 1.82) is 0 Å². The maximum absolute atomic E-state index is 11.6. The van der Waals surface area contributed by atoms with E-state index in [0.717, 1.165) is 5.56 Å². The summed E-state index contributed by atoms with van der Waals surface area (Å²) in [6, 6.07) is 1.72. The number of rotatable bonds is 1. The summed E-state index contributed by atoms with van der Waals surface area (Å²) >= 11 is 0. The summed E-state index contributed by atoms with van der Waals surface area (Å²) < 4.78 is 4.91. The maximum Gasteiger partial charge on any atom is 0.262 e. The molecule has 0 radical (unpaired) electrons. The number of nitrogens with zero attached hydrogens (tertiary/aromatic N) is 2. The van der Waals surface area contributed by atoms with Crippen LogP contribution in [0.5, 0.6) is 0 Å². The smallest absolute Gasteiger partial charge is 0.262 e. The van der Waals surface area contributed by atoms with Gasteiger partial charge in [0, 0.05) is 0 Å². The summed E-state index contributed by atoms with van der Waals surface area (Å²) in [7, 11) is 0. The molecular formula is C9H6N4O2. The van der Waals surface area contributed by atoms with Crippen molar-refractivity contribution in [3.05, 3.63) is 35.1 Å². The van der Waals surface area contributed by atoms with Crippen molar-refractivity contribution in [2.24, 2.45) is 0 Å². The summed E-state index contributed by atoms with van der Waals surface area (Å²) in [6.45, 7) is 0. The Hall–Kier alpha value is -2.37. The van der Waals surface area contributed by atoms with Crippen LogP contribution >= 0.6 is 0 Å². The lowest BCUT2D eigenvalue weighted by Gasteiger charge is -1.95. The summed E-state index contributed by atoms with van der Waals surface area (Å²) in [5.41, 5.74) is 0.975. The van der Waals surface area contributed by atoms with Gasteiger partial charge in [0.05, 0.1) is 18.0 Å². The molecule has 0 amide bonds. The van der Waals surface area contributed by atoms with Crippen molar-refractivity contribution in [3.8, 4) is 11.4 Å². The topological polar surface area (TPSA) is 87.6 Å². The minimum Gasteiger partial charge on any atom is -0.472 e. The van der Waals surface area contributed by atoms with Crippen LogP contribution in [0.1, 0.15) is 0 Å². The molecule has 0 aliphatic heterocycles. The molecule has 0 aromatic carbocycles. The molecule has 3 aromatic rings. The molecule has 3 rings (SSSR count). The number of aromatic nitrogens is 4. The van der Waals surface area contributed by atoms with E-state index in [1.54, 1.807) is 6.07 Å². The Labute approximate surface area is 83.0 Å². The molecule has 0 unspecified atom stereocenters. The molecule has 6 nitrogen and oxygen atoms in total. The third-order valence-electron chi connectivity index (χ3n) is 2.11. The molecule has 3 heterocycles. The fourth-order valence-corrected chi connectivity index (χ4v) is 1.38. The Balaban J connectivity index is 2.34. The molecule has 3 aromatic heterocycles. The average molecular weight is 202 g/mol. The van der Waals surface area contributed by atoms with E-state index < -0.39 is 0 Å². The molecule has 15 heavy (non-hydrogen) atoms. The lowest BCUT2D eigenvalue weighted by Crippen LogP contribution is -2.08. The first-order valence-corrected chi connectivity index (χ1v) is 4.30. The van der Waals surface area contributed by atoms with Gasteiger partial charge < -0.3 is 9.40 Å². The third kappa shape index (κ3) is 1.15. The Morgan fingerprint density at radius 2 is 2.33 bits per heavy atom. The number of H-pyrrole nitrogens is 2. The van der Waals surface area contributed by atoms with Crippen molar-refractivity contribution in [1.82, 2.24) is 20.2 Å². The predicted molar refractivity (Wildman–Crippen MR) is 52.2 cm³/mol. The number of nitrogens with one attached hydrogen (secondary N) is 2. The molecule has 6 heteroatoms. The molecule has 0 aliphatic carbocycles. The number of hydrogen-bond donors (Lipinski definition) is 2. The first kappa shape index (κ1) is 7.98. The van der Waals surface area contributed by atoms with E-state index in [-0.39, 0.29) is 5.56 Å². The average Bonchev–Trinajstić information content (AvgIpc) is 2.88. The monoisotopic (exact) mass is 202 g/mol. The van der Waals surface area contributed by atoms with E-state index in [4.69, 9.17) is 4.42 Å². The molecule has 0 bridgehead atoms. The maximum atomic E-state index is 11.6. The summed E-state index contributed by atoms with van der Waals surface area (Å²) in [5.74, 6) is 0.463. The normalized spacial score (nSPS) is 10.9. The van der Waals surface area contributed by atoms with Gasteiger partial charge in [0.25, 0.3) is 5.56 Å². The molecule has 0 aliphatic rings. The second-order valence-electron chi connectivity index (χ2n) is 3.06. The van der Waals surface area contributed by atoms with Crippen molar-refractivity contribution in [2.45, 2.75) is 0 Å². The van der Waals surface area contributed by atoms with Crippen LogP contribution in [-0.4, -0.2) is 20.2 Å². The van der Waals surface area contributed by atoms with Crippen molar-refractivity contribution >= 4 is 11.0 Å². The molecular weight excluding hydrogens is 196 g/mol.